The van der Waals surface area contributed by atoms with Crippen molar-refractivity contribution in [3.8, 4) is 0 Å². The highest BCUT2D eigenvalue weighted by Crippen LogP contribution is 2.39. The molecule has 0 radical (unpaired) electrons. The topological polar surface area (TPSA) is 46.2 Å². The SMILES string of the molecule is O=S(=O)(NC1(c2ccccc2)CCCCC1)C(F)(F)F. The Bertz CT molecular complexity index is 549. The molecule has 0 aliphatic heterocycles. The number of halogens is 3. The minimum atomic E-state index is -5.35. The first-order chi connectivity index (χ1) is 9.27. The zero-order chi connectivity index (χ0) is 14.9. The minimum absolute atomic E-state index is 0.381. The van der Waals surface area contributed by atoms with Crippen molar-refractivity contribution in [1.29, 1.82) is 0 Å². The van der Waals surface area contributed by atoms with E-state index in [1.54, 1.807) is 30.3 Å². The van der Waals surface area contributed by atoms with Gasteiger partial charge in [-0.1, -0.05) is 49.6 Å². The van der Waals surface area contributed by atoms with Gasteiger partial charge in [-0.25, -0.2) is 8.42 Å². The number of alkyl halides is 3. The summed E-state index contributed by atoms with van der Waals surface area (Å²) in [6.07, 6.45) is 3.07. The van der Waals surface area contributed by atoms with Gasteiger partial charge in [-0.05, 0) is 18.4 Å². The van der Waals surface area contributed by atoms with Gasteiger partial charge in [0.15, 0.2) is 0 Å². The maximum Gasteiger partial charge on any atom is 0.511 e. The zero-order valence-corrected chi connectivity index (χ0v) is 11.6. The van der Waals surface area contributed by atoms with Gasteiger partial charge >= 0.3 is 15.5 Å². The fourth-order valence-corrected chi connectivity index (χ4v) is 3.63. The van der Waals surface area contributed by atoms with E-state index in [1.165, 1.54) is 0 Å². The standard InChI is InChI=1S/C13H16F3NO2S/c14-13(15,16)20(18,19)17-12(9-5-2-6-10-12)11-7-3-1-4-8-11/h1,3-4,7-8,17H,2,5-6,9-10H2. The van der Waals surface area contributed by atoms with Crippen LogP contribution < -0.4 is 4.72 Å². The molecule has 112 valence electrons. The van der Waals surface area contributed by atoms with Gasteiger partial charge in [0, 0.05) is 0 Å². The molecule has 1 aromatic rings. The van der Waals surface area contributed by atoms with Crippen molar-refractivity contribution < 1.29 is 21.6 Å². The summed E-state index contributed by atoms with van der Waals surface area (Å²) in [4.78, 5) is 0. The van der Waals surface area contributed by atoms with Crippen LogP contribution in [0, 0.1) is 0 Å². The molecular weight excluding hydrogens is 291 g/mol. The van der Waals surface area contributed by atoms with Crippen LogP contribution in [0.15, 0.2) is 30.3 Å². The molecule has 1 saturated carbocycles. The summed E-state index contributed by atoms with van der Waals surface area (Å²) in [5.41, 5.74) is -5.84. The first-order valence-electron chi connectivity index (χ1n) is 6.43. The second-order valence-corrected chi connectivity index (χ2v) is 6.73. The third-order valence-corrected chi connectivity index (χ3v) is 4.94. The molecule has 1 aliphatic carbocycles. The monoisotopic (exact) mass is 307 g/mol. The third kappa shape index (κ3) is 2.98. The number of benzene rings is 1. The predicted molar refractivity (Wildman–Crippen MR) is 69.3 cm³/mol. The van der Waals surface area contributed by atoms with Crippen molar-refractivity contribution in [2.45, 2.75) is 43.2 Å². The molecule has 2 rings (SSSR count). The molecule has 1 N–H and O–H groups in total. The summed E-state index contributed by atoms with van der Waals surface area (Å²) in [7, 11) is -5.35. The van der Waals surface area contributed by atoms with Gasteiger partial charge in [-0.3, -0.25) is 0 Å². The molecule has 0 bridgehead atoms. The van der Waals surface area contributed by atoms with E-state index in [0.717, 1.165) is 6.42 Å². The Balaban J connectivity index is 2.39. The summed E-state index contributed by atoms with van der Waals surface area (Å²) >= 11 is 0. The van der Waals surface area contributed by atoms with Crippen LogP contribution in [0.3, 0.4) is 0 Å². The lowest BCUT2D eigenvalue weighted by molar-refractivity contribution is -0.0460. The lowest BCUT2D eigenvalue weighted by atomic mass is 9.77. The number of hydrogen-bond donors (Lipinski definition) is 1. The predicted octanol–water partition coefficient (Wildman–Crippen LogP) is 3.29. The van der Waals surface area contributed by atoms with E-state index in [4.69, 9.17) is 0 Å². The van der Waals surface area contributed by atoms with Crippen LogP contribution in [0.1, 0.15) is 37.7 Å². The van der Waals surface area contributed by atoms with Gasteiger partial charge in [0.1, 0.15) is 0 Å². The first kappa shape index (κ1) is 15.3. The van der Waals surface area contributed by atoms with Gasteiger partial charge in [0.2, 0.25) is 0 Å². The minimum Gasteiger partial charge on any atom is -0.203 e. The number of rotatable bonds is 3. The molecule has 0 spiro atoms. The Kier molecular flexibility index (Phi) is 4.11. The van der Waals surface area contributed by atoms with Crippen molar-refractivity contribution >= 4 is 10.0 Å². The highest BCUT2D eigenvalue weighted by Gasteiger charge is 2.50. The van der Waals surface area contributed by atoms with E-state index in [9.17, 15) is 21.6 Å². The van der Waals surface area contributed by atoms with Gasteiger partial charge in [0.25, 0.3) is 0 Å². The van der Waals surface area contributed by atoms with Crippen LogP contribution in [0.4, 0.5) is 13.2 Å². The van der Waals surface area contributed by atoms with Crippen LogP contribution in [-0.2, 0) is 15.6 Å². The van der Waals surface area contributed by atoms with Crippen LogP contribution >= 0.6 is 0 Å². The van der Waals surface area contributed by atoms with Crippen molar-refractivity contribution in [2.75, 3.05) is 0 Å². The Morgan fingerprint density at radius 2 is 1.55 bits per heavy atom. The van der Waals surface area contributed by atoms with Crippen molar-refractivity contribution in [1.82, 2.24) is 4.72 Å². The first-order valence-corrected chi connectivity index (χ1v) is 7.91. The van der Waals surface area contributed by atoms with Crippen LogP contribution in [-0.4, -0.2) is 13.9 Å². The van der Waals surface area contributed by atoms with E-state index in [1.807, 2.05) is 4.72 Å². The highest BCUT2D eigenvalue weighted by atomic mass is 32.2. The fourth-order valence-electron chi connectivity index (χ4n) is 2.68. The van der Waals surface area contributed by atoms with Crippen molar-refractivity contribution in [2.24, 2.45) is 0 Å². The summed E-state index contributed by atoms with van der Waals surface area (Å²) < 4.78 is 62.7. The summed E-state index contributed by atoms with van der Waals surface area (Å²) in [6, 6.07) is 8.49. The average molecular weight is 307 g/mol. The van der Waals surface area contributed by atoms with E-state index < -0.39 is 21.1 Å². The molecule has 7 heteroatoms. The molecule has 0 atom stereocenters. The molecule has 0 saturated heterocycles. The van der Waals surface area contributed by atoms with E-state index in [2.05, 4.69) is 0 Å². The summed E-state index contributed by atoms with van der Waals surface area (Å²) in [6.45, 7) is 0. The quantitative estimate of drug-likeness (QED) is 0.931. The molecular formula is C13H16F3NO2S. The second-order valence-electron chi connectivity index (χ2n) is 5.06. The maximum absolute atomic E-state index is 12.6. The van der Waals surface area contributed by atoms with Crippen LogP contribution in [0.5, 0.6) is 0 Å². The zero-order valence-electron chi connectivity index (χ0n) is 10.8. The number of hydrogen-bond acceptors (Lipinski definition) is 2. The molecule has 20 heavy (non-hydrogen) atoms. The van der Waals surface area contributed by atoms with Crippen molar-refractivity contribution in [3.05, 3.63) is 35.9 Å². The lowest BCUT2D eigenvalue weighted by Gasteiger charge is -2.38. The third-order valence-electron chi connectivity index (χ3n) is 3.67. The van der Waals surface area contributed by atoms with Gasteiger partial charge in [-0.2, -0.15) is 17.9 Å². The number of nitrogens with one attached hydrogen (secondary N) is 1. The Morgan fingerprint density at radius 1 is 1.00 bits per heavy atom. The van der Waals surface area contributed by atoms with Crippen LogP contribution in [0.25, 0.3) is 0 Å². The van der Waals surface area contributed by atoms with Gasteiger partial charge < -0.3 is 0 Å². The average Bonchev–Trinajstić information content (AvgIpc) is 2.39. The Labute approximate surface area is 116 Å². The maximum atomic E-state index is 12.6. The molecule has 1 fully saturated rings. The van der Waals surface area contributed by atoms with Gasteiger partial charge in [0.05, 0.1) is 5.54 Å². The normalized spacial score (nSPS) is 19.8. The molecule has 0 amide bonds. The van der Waals surface area contributed by atoms with Gasteiger partial charge in [-0.15, -0.1) is 0 Å². The fraction of sp³-hybridized carbons (Fsp3) is 0.538. The molecule has 0 aromatic heterocycles. The largest absolute Gasteiger partial charge is 0.511 e. The number of sulfonamides is 1. The second kappa shape index (κ2) is 5.37. The molecule has 1 aliphatic rings. The highest BCUT2D eigenvalue weighted by molar-refractivity contribution is 7.90. The molecule has 0 unspecified atom stereocenters. The summed E-state index contributed by atoms with van der Waals surface area (Å²) in [5.74, 6) is 0. The smallest absolute Gasteiger partial charge is 0.203 e. The Hall–Kier alpha value is -1.08. The molecule has 0 heterocycles. The van der Waals surface area contributed by atoms with E-state index >= 15 is 0 Å². The van der Waals surface area contributed by atoms with E-state index in [-0.39, 0.29) is 0 Å². The van der Waals surface area contributed by atoms with Crippen LogP contribution in [0.2, 0.25) is 0 Å². The molecule has 1 aromatic carbocycles. The van der Waals surface area contributed by atoms with E-state index in [0.29, 0.717) is 31.2 Å². The van der Waals surface area contributed by atoms with Crippen molar-refractivity contribution in [3.63, 3.8) is 0 Å². The summed E-state index contributed by atoms with van der Waals surface area (Å²) in [5, 5.41) is 0. The molecule has 3 nitrogen and oxygen atoms in total. The Morgan fingerprint density at radius 3 is 2.05 bits per heavy atom. The lowest BCUT2D eigenvalue weighted by Crippen LogP contribution is -2.51.